The Morgan fingerprint density at radius 1 is 1.03 bits per heavy atom. The quantitative estimate of drug-likeness (QED) is 0.703. The van der Waals surface area contributed by atoms with Gasteiger partial charge in [0.2, 0.25) is 15.9 Å². The summed E-state index contributed by atoms with van der Waals surface area (Å²) >= 11 is 0. The molecule has 31 heavy (non-hydrogen) atoms. The number of benzene rings is 2. The molecule has 0 saturated carbocycles. The molecule has 1 saturated heterocycles. The summed E-state index contributed by atoms with van der Waals surface area (Å²) in [6.45, 7) is 2.24. The first-order valence-electron chi connectivity index (χ1n) is 9.90. The Bertz CT molecular complexity index is 1040. The van der Waals surface area contributed by atoms with Gasteiger partial charge in [0.05, 0.1) is 6.61 Å². The number of amides is 2. The zero-order chi connectivity index (χ0) is 22.4. The summed E-state index contributed by atoms with van der Waals surface area (Å²) in [4.78, 5) is 23.6. The molecule has 10 heteroatoms. The van der Waals surface area contributed by atoms with Crippen molar-refractivity contribution in [2.24, 2.45) is 5.92 Å². The molecule has 1 heterocycles. The van der Waals surface area contributed by atoms with E-state index >= 15 is 0 Å². The van der Waals surface area contributed by atoms with Crippen LogP contribution in [0.4, 0.5) is 20.6 Å². The van der Waals surface area contributed by atoms with Crippen molar-refractivity contribution in [3.8, 4) is 0 Å². The largest absolute Gasteiger partial charge is 0.450 e. The molecular formula is C21H24FN3O5S. The number of carbonyl (C=O) groups is 2. The first-order valence-corrected chi connectivity index (χ1v) is 11.3. The van der Waals surface area contributed by atoms with E-state index in [9.17, 15) is 22.4 Å². The van der Waals surface area contributed by atoms with Gasteiger partial charge in [-0.15, -0.1) is 0 Å². The van der Waals surface area contributed by atoms with Crippen LogP contribution in [0.1, 0.15) is 19.8 Å². The molecule has 0 aliphatic carbocycles. The SMILES string of the molecule is CCOC(=O)Nc1ccc(NC(=O)C2CCN(S(=O)(=O)c3ccccc3F)CC2)cc1. The summed E-state index contributed by atoms with van der Waals surface area (Å²) in [6.07, 6.45) is 0.112. The Morgan fingerprint density at radius 2 is 1.61 bits per heavy atom. The first-order chi connectivity index (χ1) is 14.8. The highest BCUT2D eigenvalue weighted by Crippen LogP contribution is 2.26. The third-order valence-electron chi connectivity index (χ3n) is 4.95. The molecule has 8 nitrogen and oxygen atoms in total. The van der Waals surface area contributed by atoms with Crippen LogP contribution in [0.5, 0.6) is 0 Å². The minimum atomic E-state index is -3.94. The molecule has 1 aliphatic heterocycles. The molecule has 0 atom stereocenters. The lowest BCUT2D eigenvalue weighted by Gasteiger charge is -2.30. The normalized spacial score (nSPS) is 15.3. The zero-order valence-electron chi connectivity index (χ0n) is 17.0. The van der Waals surface area contributed by atoms with E-state index in [1.807, 2.05) is 0 Å². The average Bonchev–Trinajstić information content (AvgIpc) is 2.75. The van der Waals surface area contributed by atoms with Gasteiger partial charge in [0, 0.05) is 30.4 Å². The molecule has 2 aromatic rings. The highest BCUT2D eigenvalue weighted by molar-refractivity contribution is 7.89. The van der Waals surface area contributed by atoms with E-state index in [0.717, 1.165) is 6.07 Å². The van der Waals surface area contributed by atoms with Crippen molar-refractivity contribution in [3.63, 3.8) is 0 Å². The van der Waals surface area contributed by atoms with Gasteiger partial charge < -0.3 is 10.1 Å². The van der Waals surface area contributed by atoms with Gasteiger partial charge in [0.1, 0.15) is 10.7 Å². The lowest BCUT2D eigenvalue weighted by Crippen LogP contribution is -2.41. The van der Waals surface area contributed by atoms with Crippen LogP contribution in [0.3, 0.4) is 0 Å². The lowest BCUT2D eigenvalue weighted by molar-refractivity contribution is -0.120. The van der Waals surface area contributed by atoms with Crippen molar-refractivity contribution in [3.05, 3.63) is 54.3 Å². The molecule has 2 aromatic carbocycles. The molecule has 0 radical (unpaired) electrons. The third-order valence-corrected chi connectivity index (χ3v) is 6.89. The van der Waals surface area contributed by atoms with Crippen LogP contribution in [0, 0.1) is 11.7 Å². The highest BCUT2D eigenvalue weighted by Gasteiger charge is 2.33. The van der Waals surface area contributed by atoms with Gasteiger partial charge in [-0.2, -0.15) is 4.31 Å². The summed E-state index contributed by atoms with van der Waals surface area (Å²) < 4.78 is 45.3. The number of ether oxygens (including phenoxy) is 1. The topological polar surface area (TPSA) is 105 Å². The number of sulfonamides is 1. The van der Waals surface area contributed by atoms with Crippen molar-refractivity contribution in [2.45, 2.75) is 24.7 Å². The molecule has 0 bridgehead atoms. The van der Waals surface area contributed by atoms with Gasteiger partial charge in [-0.3, -0.25) is 10.1 Å². The Hall–Kier alpha value is -2.98. The zero-order valence-corrected chi connectivity index (χ0v) is 17.8. The fraction of sp³-hybridized carbons (Fsp3) is 0.333. The van der Waals surface area contributed by atoms with Gasteiger partial charge in [-0.05, 0) is 56.2 Å². The van der Waals surface area contributed by atoms with E-state index in [0.29, 0.717) is 24.2 Å². The van der Waals surface area contributed by atoms with E-state index in [4.69, 9.17) is 4.74 Å². The number of halogens is 1. The molecule has 166 valence electrons. The fourth-order valence-corrected chi connectivity index (χ4v) is 4.85. The smallest absolute Gasteiger partial charge is 0.411 e. The Labute approximate surface area is 180 Å². The maximum absolute atomic E-state index is 13.9. The van der Waals surface area contributed by atoms with Gasteiger partial charge in [0.25, 0.3) is 0 Å². The predicted octanol–water partition coefficient (Wildman–Crippen LogP) is 3.43. The third kappa shape index (κ3) is 5.59. The number of hydrogen-bond acceptors (Lipinski definition) is 5. The second kappa shape index (κ2) is 9.88. The number of rotatable bonds is 6. The standard InChI is InChI=1S/C21H24FN3O5S/c1-2-30-21(27)24-17-9-7-16(8-10-17)23-20(26)15-11-13-25(14-12-15)31(28,29)19-6-4-3-5-18(19)22/h3-10,15H,2,11-14H2,1H3,(H,23,26)(H,24,27). The van der Waals surface area contributed by atoms with Crippen LogP contribution in [0.2, 0.25) is 0 Å². The summed E-state index contributed by atoms with van der Waals surface area (Å²) in [5, 5.41) is 5.36. The van der Waals surface area contributed by atoms with Crippen molar-refractivity contribution in [1.29, 1.82) is 0 Å². The van der Waals surface area contributed by atoms with Crippen LogP contribution in [-0.2, 0) is 19.6 Å². The van der Waals surface area contributed by atoms with Gasteiger partial charge in [0.15, 0.2) is 0 Å². The maximum Gasteiger partial charge on any atom is 0.411 e. The van der Waals surface area contributed by atoms with Crippen LogP contribution >= 0.6 is 0 Å². The minimum absolute atomic E-state index is 0.136. The van der Waals surface area contributed by atoms with Crippen LogP contribution < -0.4 is 10.6 Å². The highest BCUT2D eigenvalue weighted by atomic mass is 32.2. The molecule has 2 amide bonds. The van der Waals surface area contributed by atoms with Crippen molar-refractivity contribution < 1.29 is 27.1 Å². The molecule has 2 N–H and O–H groups in total. The van der Waals surface area contributed by atoms with Crippen molar-refractivity contribution in [1.82, 2.24) is 4.31 Å². The molecule has 3 rings (SSSR count). The lowest BCUT2D eigenvalue weighted by atomic mass is 9.97. The Balaban J connectivity index is 1.55. The average molecular weight is 450 g/mol. The molecule has 1 fully saturated rings. The predicted molar refractivity (Wildman–Crippen MR) is 114 cm³/mol. The molecule has 1 aliphatic rings. The molecule has 0 spiro atoms. The molecule has 0 aromatic heterocycles. The van der Waals surface area contributed by atoms with E-state index in [2.05, 4.69) is 10.6 Å². The van der Waals surface area contributed by atoms with E-state index in [1.54, 1.807) is 31.2 Å². The number of hydrogen-bond donors (Lipinski definition) is 2. The fourth-order valence-electron chi connectivity index (χ4n) is 3.32. The monoisotopic (exact) mass is 449 g/mol. The Morgan fingerprint density at radius 3 is 2.19 bits per heavy atom. The molecule has 0 unspecified atom stereocenters. The van der Waals surface area contributed by atoms with E-state index in [-0.39, 0.29) is 36.4 Å². The first kappa shape index (κ1) is 22.7. The van der Waals surface area contributed by atoms with Gasteiger partial charge >= 0.3 is 6.09 Å². The van der Waals surface area contributed by atoms with Crippen LogP contribution in [0.25, 0.3) is 0 Å². The van der Waals surface area contributed by atoms with Gasteiger partial charge in [-0.1, -0.05) is 12.1 Å². The number of nitrogens with one attached hydrogen (secondary N) is 2. The summed E-state index contributed by atoms with van der Waals surface area (Å²) in [7, 11) is -3.94. The number of nitrogens with zero attached hydrogens (tertiary/aromatic N) is 1. The summed E-state index contributed by atoms with van der Waals surface area (Å²) in [5.41, 5.74) is 1.09. The van der Waals surface area contributed by atoms with E-state index < -0.39 is 21.9 Å². The maximum atomic E-state index is 13.9. The summed E-state index contributed by atoms with van der Waals surface area (Å²) in [6, 6.07) is 11.8. The van der Waals surface area contributed by atoms with E-state index in [1.165, 1.54) is 22.5 Å². The second-order valence-corrected chi connectivity index (χ2v) is 8.93. The Kier molecular flexibility index (Phi) is 7.24. The van der Waals surface area contributed by atoms with Crippen molar-refractivity contribution in [2.75, 3.05) is 30.3 Å². The minimum Gasteiger partial charge on any atom is -0.450 e. The second-order valence-electron chi connectivity index (χ2n) is 7.02. The van der Waals surface area contributed by atoms with Gasteiger partial charge in [-0.25, -0.2) is 17.6 Å². The molecular weight excluding hydrogens is 425 g/mol. The van der Waals surface area contributed by atoms with Crippen LogP contribution in [-0.4, -0.2) is 44.4 Å². The number of anilines is 2. The van der Waals surface area contributed by atoms with Crippen molar-refractivity contribution >= 4 is 33.4 Å². The summed E-state index contributed by atoms with van der Waals surface area (Å²) in [5.74, 6) is -1.36. The number of piperidine rings is 1. The van der Waals surface area contributed by atoms with Crippen LogP contribution in [0.15, 0.2) is 53.4 Å². The number of carbonyl (C=O) groups excluding carboxylic acids is 2.